The Kier molecular flexibility index (Phi) is 4.81. The number of amides is 2. The Bertz CT molecular complexity index is 929. The first-order valence-electron chi connectivity index (χ1n) is 8.85. The van der Waals surface area contributed by atoms with Gasteiger partial charge >= 0.3 is 0 Å². The predicted octanol–water partition coefficient (Wildman–Crippen LogP) is 3.90. The monoisotopic (exact) mass is 384 g/mol. The zero-order valence-electron chi connectivity index (χ0n) is 14.6. The molecule has 4 nitrogen and oxygen atoms in total. The Morgan fingerprint density at radius 3 is 2.52 bits per heavy atom. The summed E-state index contributed by atoms with van der Waals surface area (Å²) in [4.78, 5) is 28.5. The molecule has 2 aromatic carbocycles. The lowest BCUT2D eigenvalue weighted by molar-refractivity contribution is -0.122. The van der Waals surface area contributed by atoms with Crippen LogP contribution in [0.25, 0.3) is 5.57 Å². The van der Waals surface area contributed by atoms with Crippen molar-refractivity contribution in [2.45, 2.75) is 18.9 Å². The third kappa shape index (κ3) is 3.40. The molecule has 1 unspecified atom stereocenters. The van der Waals surface area contributed by atoms with Gasteiger partial charge in [0.05, 0.1) is 23.2 Å². The number of carbonyl (C=O) groups is 2. The molecule has 0 radical (unpaired) electrons. The van der Waals surface area contributed by atoms with E-state index in [-0.39, 0.29) is 23.3 Å². The van der Waals surface area contributed by atoms with Gasteiger partial charge in [0.15, 0.2) is 0 Å². The second kappa shape index (κ2) is 7.25. The van der Waals surface area contributed by atoms with Gasteiger partial charge in [0.1, 0.15) is 5.82 Å². The molecule has 0 N–H and O–H groups in total. The van der Waals surface area contributed by atoms with E-state index in [2.05, 4.69) is 18.2 Å². The van der Waals surface area contributed by atoms with Gasteiger partial charge in [0.2, 0.25) is 5.91 Å². The summed E-state index contributed by atoms with van der Waals surface area (Å²) in [5, 5.41) is -0.107. The van der Waals surface area contributed by atoms with Crippen LogP contribution in [0.2, 0.25) is 5.02 Å². The number of benzene rings is 2. The van der Waals surface area contributed by atoms with E-state index in [1.165, 1.54) is 29.3 Å². The largest absolute Gasteiger partial charge is 0.287 e. The van der Waals surface area contributed by atoms with Crippen LogP contribution in [0.3, 0.4) is 0 Å². The zero-order valence-corrected chi connectivity index (χ0v) is 15.3. The van der Waals surface area contributed by atoms with Crippen molar-refractivity contribution >= 4 is 34.7 Å². The average molecular weight is 385 g/mol. The van der Waals surface area contributed by atoms with Crippen LogP contribution in [0.1, 0.15) is 18.4 Å². The molecule has 0 aliphatic carbocycles. The lowest BCUT2D eigenvalue weighted by Crippen LogP contribution is -2.44. The zero-order chi connectivity index (χ0) is 19.0. The molecule has 2 heterocycles. The molecule has 0 aromatic heterocycles. The van der Waals surface area contributed by atoms with Crippen LogP contribution >= 0.6 is 11.6 Å². The smallest absolute Gasteiger partial charge is 0.251 e. The van der Waals surface area contributed by atoms with Crippen LogP contribution in [0.15, 0.2) is 54.6 Å². The first-order chi connectivity index (χ1) is 13.0. The van der Waals surface area contributed by atoms with Crippen LogP contribution in [0.5, 0.6) is 0 Å². The number of halogens is 2. The van der Waals surface area contributed by atoms with Crippen LogP contribution in [0.4, 0.5) is 10.1 Å². The summed E-state index contributed by atoms with van der Waals surface area (Å²) in [5.74, 6) is -1.14. The van der Waals surface area contributed by atoms with Crippen LogP contribution in [-0.4, -0.2) is 35.8 Å². The molecule has 1 fully saturated rings. The first-order valence-corrected chi connectivity index (χ1v) is 9.23. The van der Waals surface area contributed by atoms with Crippen LogP contribution < -0.4 is 4.90 Å². The fourth-order valence-corrected chi connectivity index (χ4v) is 3.85. The highest BCUT2D eigenvalue weighted by atomic mass is 35.5. The number of carbonyl (C=O) groups excluding carboxylic acids is 2. The third-order valence-corrected chi connectivity index (χ3v) is 5.40. The van der Waals surface area contributed by atoms with Gasteiger partial charge in [-0.1, -0.05) is 48.0 Å². The molecule has 138 valence electrons. The Morgan fingerprint density at radius 1 is 1.07 bits per heavy atom. The van der Waals surface area contributed by atoms with Crippen molar-refractivity contribution in [1.82, 2.24) is 4.90 Å². The molecule has 1 saturated heterocycles. The van der Waals surface area contributed by atoms with Gasteiger partial charge in [-0.2, -0.15) is 0 Å². The molecule has 2 aromatic rings. The Morgan fingerprint density at radius 2 is 1.85 bits per heavy atom. The molecule has 0 spiro atoms. The lowest BCUT2D eigenvalue weighted by atomic mass is 9.98. The van der Waals surface area contributed by atoms with E-state index in [0.29, 0.717) is 18.8 Å². The van der Waals surface area contributed by atoms with Gasteiger partial charge in [-0.25, -0.2) is 9.29 Å². The molecular weight excluding hydrogens is 367 g/mol. The molecule has 2 aliphatic rings. The van der Waals surface area contributed by atoms with E-state index in [0.717, 1.165) is 11.3 Å². The number of hydrogen-bond acceptors (Lipinski definition) is 3. The van der Waals surface area contributed by atoms with Gasteiger partial charge in [-0.3, -0.25) is 14.5 Å². The van der Waals surface area contributed by atoms with Crippen molar-refractivity contribution in [1.29, 1.82) is 0 Å². The molecule has 2 amide bonds. The van der Waals surface area contributed by atoms with Crippen molar-refractivity contribution < 1.29 is 14.0 Å². The minimum absolute atomic E-state index is 0.107. The van der Waals surface area contributed by atoms with E-state index < -0.39 is 11.9 Å². The van der Waals surface area contributed by atoms with E-state index in [1.54, 1.807) is 0 Å². The maximum Gasteiger partial charge on any atom is 0.251 e. The van der Waals surface area contributed by atoms with Crippen molar-refractivity contribution in [3.8, 4) is 0 Å². The average Bonchev–Trinajstić information content (AvgIpc) is 2.99. The highest BCUT2D eigenvalue weighted by Crippen LogP contribution is 2.31. The van der Waals surface area contributed by atoms with Crippen LogP contribution in [0, 0.1) is 5.82 Å². The summed E-state index contributed by atoms with van der Waals surface area (Å²) < 4.78 is 13.4. The van der Waals surface area contributed by atoms with Gasteiger partial charge in [-0.15, -0.1) is 0 Å². The lowest BCUT2D eigenvalue weighted by Gasteiger charge is -2.30. The fourth-order valence-electron chi connectivity index (χ4n) is 3.68. The van der Waals surface area contributed by atoms with Crippen molar-refractivity contribution in [2.75, 3.05) is 18.0 Å². The highest BCUT2D eigenvalue weighted by molar-refractivity contribution is 6.31. The summed E-state index contributed by atoms with van der Waals surface area (Å²) in [6.07, 6.45) is 3.07. The van der Waals surface area contributed by atoms with Gasteiger partial charge in [0.25, 0.3) is 5.91 Å². The standard InChI is InChI=1S/C21H18ClFN2O2/c22-17-12-16(6-7-18(17)23)25-20(26)13-19(21(25)27)24-10-8-15(9-11-24)14-4-2-1-3-5-14/h1-8,12,19H,9-11,13H2. The van der Waals surface area contributed by atoms with E-state index in [1.807, 2.05) is 23.1 Å². The second-order valence-electron chi connectivity index (χ2n) is 6.73. The first kappa shape index (κ1) is 17.9. The quantitative estimate of drug-likeness (QED) is 0.753. The molecule has 6 heteroatoms. The molecule has 1 atom stereocenters. The summed E-state index contributed by atoms with van der Waals surface area (Å²) in [5.41, 5.74) is 2.76. The molecular formula is C21H18ClFN2O2. The van der Waals surface area contributed by atoms with Crippen LogP contribution in [-0.2, 0) is 9.59 Å². The van der Waals surface area contributed by atoms with E-state index >= 15 is 0 Å². The Labute approximate surface area is 161 Å². The van der Waals surface area contributed by atoms with E-state index in [4.69, 9.17) is 11.6 Å². The molecule has 0 bridgehead atoms. The van der Waals surface area contributed by atoms with Crippen molar-refractivity contribution in [2.24, 2.45) is 0 Å². The number of anilines is 1. The van der Waals surface area contributed by atoms with Crippen molar-refractivity contribution in [3.63, 3.8) is 0 Å². The third-order valence-electron chi connectivity index (χ3n) is 5.11. The maximum atomic E-state index is 13.4. The van der Waals surface area contributed by atoms with Gasteiger partial charge < -0.3 is 0 Å². The summed E-state index contributed by atoms with van der Waals surface area (Å²) >= 11 is 5.80. The van der Waals surface area contributed by atoms with Gasteiger partial charge in [-0.05, 0) is 35.8 Å². The normalized spacial score (nSPS) is 20.9. The Balaban J connectivity index is 1.51. The number of rotatable bonds is 3. The minimum atomic E-state index is -0.578. The summed E-state index contributed by atoms with van der Waals surface area (Å²) in [6, 6.07) is 13.6. The fraction of sp³-hybridized carbons (Fsp3) is 0.238. The molecule has 0 saturated carbocycles. The summed E-state index contributed by atoms with van der Waals surface area (Å²) in [6.45, 7) is 1.33. The topological polar surface area (TPSA) is 40.6 Å². The maximum absolute atomic E-state index is 13.4. The Hall–Kier alpha value is -2.50. The predicted molar refractivity (Wildman–Crippen MR) is 103 cm³/mol. The van der Waals surface area contributed by atoms with Crippen molar-refractivity contribution in [3.05, 3.63) is 71.0 Å². The number of imide groups is 1. The number of hydrogen-bond donors (Lipinski definition) is 0. The minimum Gasteiger partial charge on any atom is -0.287 e. The highest BCUT2D eigenvalue weighted by Gasteiger charge is 2.43. The molecule has 4 rings (SSSR count). The second-order valence-corrected chi connectivity index (χ2v) is 7.13. The molecule has 27 heavy (non-hydrogen) atoms. The number of nitrogens with zero attached hydrogens (tertiary/aromatic N) is 2. The summed E-state index contributed by atoms with van der Waals surface area (Å²) in [7, 11) is 0. The SMILES string of the molecule is O=C1CC(N2CC=C(c3ccccc3)CC2)C(=O)N1c1ccc(F)c(Cl)c1. The van der Waals surface area contributed by atoms with E-state index in [9.17, 15) is 14.0 Å². The molecule has 2 aliphatic heterocycles. The van der Waals surface area contributed by atoms with Gasteiger partial charge in [0, 0.05) is 13.1 Å².